The minimum atomic E-state index is -1.53. The number of carbonyl (C=O) groups is 1. The van der Waals surface area contributed by atoms with Crippen molar-refractivity contribution in [2.24, 2.45) is 0 Å². The third-order valence-electron chi connectivity index (χ3n) is 4.03. The number of aliphatic hydroxyl groups is 5. The Kier molecular flexibility index (Phi) is 9.90. The van der Waals surface area contributed by atoms with Gasteiger partial charge in [-0.25, -0.2) is 0 Å². The number of ether oxygens (including phenoxy) is 3. The summed E-state index contributed by atoms with van der Waals surface area (Å²) < 4.78 is 16.2. The highest BCUT2D eigenvalue weighted by Gasteiger charge is 2.44. The Bertz CT molecular complexity index is 423. The van der Waals surface area contributed by atoms with E-state index in [1.807, 2.05) is 6.92 Å². The third-order valence-corrected chi connectivity index (χ3v) is 4.03. The van der Waals surface area contributed by atoms with Gasteiger partial charge in [-0.1, -0.05) is 6.92 Å². The Morgan fingerprint density at radius 3 is 2.38 bits per heavy atom. The molecule has 0 saturated carbocycles. The molecule has 1 amide bonds. The van der Waals surface area contributed by atoms with E-state index in [0.29, 0.717) is 6.61 Å². The smallest absolute Gasteiger partial charge is 0.217 e. The van der Waals surface area contributed by atoms with Crippen LogP contribution >= 0.6 is 0 Å². The lowest BCUT2D eigenvalue weighted by atomic mass is 9.99. The van der Waals surface area contributed by atoms with E-state index in [9.17, 15) is 30.3 Å². The fourth-order valence-electron chi connectivity index (χ4n) is 2.56. The second-order valence-corrected chi connectivity index (χ2v) is 6.46. The maximum Gasteiger partial charge on any atom is 0.217 e. The molecule has 10 heteroatoms. The van der Waals surface area contributed by atoms with Crippen molar-refractivity contribution < 1.29 is 44.5 Å². The highest BCUT2D eigenvalue weighted by Crippen LogP contribution is 2.23. The molecule has 1 fully saturated rings. The van der Waals surface area contributed by atoms with Gasteiger partial charge in [-0.15, -0.1) is 0 Å². The summed E-state index contributed by atoms with van der Waals surface area (Å²) in [6.07, 6.45) is -8.28. The van der Waals surface area contributed by atoms with E-state index in [0.717, 1.165) is 6.42 Å². The Labute approximate surface area is 152 Å². The van der Waals surface area contributed by atoms with E-state index in [1.54, 1.807) is 0 Å². The van der Waals surface area contributed by atoms with Crippen LogP contribution in [0.3, 0.4) is 0 Å². The summed E-state index contributed by atoms with van der Waals surface area (Å²) >= 11 is 0. The molecule has 0 aromatic carbocycles. The van der Waals surface area contributed by atoms with Gasteiger partial charge < -0.3 is 45.1 Å². The van der Waals surface area contributed by atoms with Crippen molar-refractivity contribution >= 4 is 5.91 Å². The Hall–Kier alpha value is -0.850. The average Bonchev–Trinajstić information content (AvgIpc) is 2.58. The van der Waals surface area contributed by atoms with Gasteiger partial charge in [0.25, 0.3) is 0 Å². The first-order chi connectivity index (χ1) is 12.2. The number of hydrogen-bond donors (Lipinski definition) is 6. The first-order valence-electron chi connectivity index (χ1n) is 8.71. The molecule has 26 heavy (non-hydrogen) atoms. The molecule has 3 unspecified atom stereocenters. The Morgan fingerprint density at radius 1 is 1.19 bits per heavy atom. The zero-order valence-corrected chi connectivity index (χ0v) is 15.3. The monoisotopic (exact) mass is 381 g/mol. The van der Waals surface area contributed by atoms with Gasteiger partial charge in [-0.2, -0.15) is 0 Å². The molecule has 154 valence electrons. The molecule has 1 rings (SSSR count). The minimum absolute atomic E-state index is 0.00404. The number of amides is 1. The van der Waals surface area contributed by atoms with Crippen molar-refractivity contribution in [3.05, 3.63) is 0 Å². The van der Waals surface area contributed by atoms with Crippen LogP contribution in [0.1, 0.15) is 27.2 Å². The van der Waals surface area contributed by atoms with Gasteiger partial charge in [0.2, 0.25) is 5.91 Å². The van der Waals surface area contributed by atoms with E-state index in [1.165, 1.54) is 13.8 Å². The van der Waals surface area contributed by atoms with Crippen molar-refractivity contribution in [1.82, 2.24) is 5.32 Å². The highest BCUT2D eigenvalue weighted by molar-refractivity contribution is 5.73. The number of nitrogens with one attached hydrogen (secondary N) is 1. The summed E-state index contributed by atoms with van der Waals surface area (Å²) in [7, 11) is 0. The van der Waals surface area contributed by atoms with E-state index < -0.39 is 54.9 Å². The average molecular weight is 381 g/mol. The highest BCUT2D eigenvalue weighted by atomic mass is 16.7. The zero-order chi connectivity index (χ0) is 19.9. The van der Waals surface area contributed by atoms with Crippen molar-refractivity contribution in [3.63, 3.8) is 0 Å². The summed E-state index contributed by atoms with van der Waals surface area (Å²) in [4.78, 5) is 11.3. The van der Waals surface area contributed by atoms with E-state index in [4.69, 9.17) is 14.2 Å². The van der Waals surface area contributed by atoms with Gasteiger partial charge in [-0.05, 0) is 13.3 Å². The van der Waals surface area contributed by atoms with Gasteiger partial charge in [0.05, 0.1) is 25.4 Å². The molecule has 1 saturated heterocycles. The van der Waals surface area contributed by atoms with Gasteiger partial charge >= 0.3 is 0 Å². The molecule has 0 aromatic heterocycles. The fraction of sp³-hybridized carbons (Fsp3) is 0.938. The lowest BCUT2D eigenvalue weighted by molar-refractivity contribution is -0.304. The summed E-state index contributed by atoms with van der Waals surface area (Å²) in [5, 5.41) is 51.9. The molecule has 0 aromatic rings. The lowest BCUT2D eigenvalue weighted by Crippen LogP contribution is -2.60. The topological polar surface area (TPSA) is 158 Å². The predicted molar refractivity (Wildman–Crippen MR) is 89.0 cm³/mol. The van der Waals surface area contributed by atoms with Crippen LogP contribution < -0.4 is 5.32 Å². The van der Waals surface area contributed by atoms with Crippen molar-refractivity contribution in [1.29, 1.82) is 0 Å². The van der Waals surface area contributed by atoms with E-state index in [-0.39, 0.29) is 13.2 Å². The third kappa shape index (κ3) is 6.71. The standard InChI is InChI=1S/C16H31NO9/c1-4-5-24-7-11-13(21)14(22)15(23)16(26-11)25-6-10(17-9(3)19)12(20)8(2)18/h8,10-16,18,20-23H,4-7H2,1-3H3,(H,17,19)/t8-,10+,11?,12-,13+,14?,15?,16+/m1/s1. The molecule has 1 heterocycles. The zero-order valence-electron chi connectivity index (χ0n) is 15.3. The summed E-state index contributed by atoms with van der Waals surface area (Å²) in [6, 6.07) is -0.956. The van der Waals surface area contributed by atoms with Crippen LogP contribution in [0.4, 0.5) is 0 Å². The summed E-state index contributed by atoms with van der Waals surface area (Å²) in [6.45, 7) is 4.67. The molecule has 0 spiro atoms. The number of aliphatic hydroxyl groups excluding tert-OH is 5. The van der Waals surface area contributed by atoms with Crippen molar-refractivity contribution in [3.8, 4) is 0 Å². The molecular weight excluding hydrogens is 350 g/mol. The quantitative estimate of drug-likeness (QED) is 0.225. The van der Waals surface area contributed by atoms with Crippen LogP contribution in [0.15, 0.2) is 0 Å². The summed E-state index contributed by atoms with van der Waals surface area (Å²) in [5.41, 5.74) is 0. The van der Waals surface area contributed by atoms with Crippen molar-refractivity contribution in [2.75, 3.05) is 19.8 Å². The van der Waals surface area contributed by atoms with Crippen LogP contribution in [0.5, 0.6) is 0 Å². The van der Waals surface area contributed by atoms with Gasteiger partial charge in [0, 0.05) is 13.5 Å². The maximum absolute atomic E-state index is 11.3. The maximum atomic E-state index is 11.3. The normalized spacial score (nSPS) is 32.7. The van der Waals surface area contributed by atoms with E-state index in [2.05, 4.69) is 5.32 Å². The molecule has 6 N–H and O–H groups in total. The van der Waals surface area contributed by atoms with Gasteiger partial charge in [0.15, 0.2) is 6.29 Å². The SMILES string of the molecule is CCCOCC1O[C@H](OC[C@H](NC(C)=O)[C@H](O)[C@@H](C)O)C(O)C(O)[C@H]1O. The Balaban J connectivity index is 2.70. The Morgan fingerprint density at radius 2 is 1.85 bits per heavy atom. The fourth-order valence-corrected chi connectivity index (χ4v) is 2.56. The molecule has 8 atom stereocenters. The first kappa shape index (κ1) is 23.2. The molecule has 0 radical (unpaired) electrons. The number of carbonyl (C=O) groups excluding carboxylic acids is 1. The molecular formula is C16H31NO9. The first-order valence-corrected chi connectivity index (χ1v) is 8.71. The predicted octanol–water partition coefficient (Wildman–Crippen LogP) is -2.52. The van der Waals surface area contributed by atoms with Crippen LogP contribution in [0.2, 0.25) is 0 Å². The van der Waals surface area contributed by atoms with Crippen molar-refractivity contribution in [2.45, 2.75) is 76.1 Å². The van der Waals surface area contributed by atoms with Crippen LogP contribution in [-0.2, 0) is 19.0 Å². The molecule has 0 bridgehead atoms. The number of hydrogen-bond acceptors (Lipinski definition) is 9. The molecule has 0 aliphatic carbocycles. The summed E-state index contributed by atoms with van der Waals surface area (Å²) in [5.74, 6) is -0.440. The lowest BCUT2D eigenvalue weighted by Gasteiger charge is -2.40. The van der Waals surface area contributed by atoms with Gasteiger partial charge in [-0.3, -0.25) is 4.79 Å². The van der Waals surface area contributed by atoms with Crippen LogP contribution in [0, 0.1) is 0 Å². The largest absolute Gasteiger partial charge is 0.391 e. The molecule has 1 aliphatic rings. The second kappa shape index (κ2) is 11.1. The van der Waals surface area contributed by atoms with Crippen LogP contribution in [-0.4, -0.2) is 100 Å². The van der Waals surface area contributed by atoms with Gasteiger partial charge in [0.1, 0.15) is 30.5 Å². The van der Waals surface area contributed by atoms with Crippen LogP contribution in [0.25, 0.3) is 0 Å². The molecule has 10 nitrogen and oxygen atoms in total. The number of rotatable bonds is 10. The second-order valence-electron chi connectivity index (χ2n) is 6.46. The molecule has 1 aliphatic heterocycles. The van der Waals surface area contributed by atoms with E-state index >= 15 is 0 Å². The minimum Gasteiger partial charge on any atom is -0.391 e.